The second-order valence-corrected chi connectivity index (χ2v) is 4.73. The fraction of sp³-hybridized carbons (Fsp3) is 0.312. The van der Waals surface area contributed by atoms with Gasteiger partial charge in [-0.1, -0.05) is 6.07 Å². The van der Waals surface area contributed by atoms with Gasteiger partial charge in [0.2, 0.25) is 0 Å². The van der Waals surface area contributed by atoms with Gasteiger partial charge in [0.1, 0.15) is 22.9 Å². The van der Waals surface area contributed by atoms with Gasteiger partial charge in [0, 0.05) is 11.8 Å². The van der Waals surface area contributed by atoms with Crippen molar-refractivity contribution in [2.45, 2.75) is 19.4 Å². The molecule has 21 heavy (non-hydrogen) atoms. The lowest BCUT2D eigenvalue weighted by Crippen LogP contribution is -2.25. The van der Waals surface area contributed by atoms with Crippen molar-refractivity contribution in [1.29, 1.82) is 0 Å². The Morgan fingerprint density at radius 1 is 1.33 bits per heavy atom. The van der Waals surface area contributed by atoms with Crippen molar-refractivity contribution in [3.05, 3.63) is 53.6 Å². The average molecular weight is 291 g/mol. The predicted octanol–water partition coefficient (Wildman–Crippen LogP) is 2.88. The molecule has 0 aliphatic heterocycles. The zero-order valence-corrected chi connectivity index (χ0v) is 12.3. The van der Waals surface area contributed by atoms with E-state index in [2.05, 4.69) is 4.98 Å². The van der Waals surface area contributed by atoms with Crippen LogP contribution in [0.15, 0.2) is 36.7 Å². The highest BCUT2D eigenvalue weighted by Crippen LogP contribution is 2.37. The lowest BCUT2D eigenvalue weighted by Gasteiger charge is -2.26. The van der Waals surface area contributed by atoms with E-state index >= 15 is 0 Å². The van der Waals surface area contributed by atoms with Crippen LogP contribution in [0.4, 0.5) is 4.39 Å². The Labute approximate surface area is 123 Å². The van der Waals surface area contributed by atoms with E-state index in [0.717, 1.165) is 0 Å². The summed E-state index contributed by atoms with van der Waals surface area (Å²) >= 11 is 0. The summed E-state index contributed by atoms with van der Waals surface area (Å²) in [6, 6.07) is 6.06. The Hall–Kier alpha value is -2.14. The van der Waals surface area contributed by atoms with Crippen LogP contribution in [0.2, 0.25) is 0 Å². The third kappa shape index (κ3) is 2.97. The molecule has 4 nitrogen and oxygen atoms in total. The standard InChI is InChI=1S/C16H18FNO3/c1-4-21-12-8-11(9-18-10-12)16(2,19)15-13(17)6-5-7-14(15)20-3/h5-10,19H,4H2,1-3H3. The zero-order chi connectivity index (χ0) is 15.5. The molecule has 0 bridgehead atoms. The molecule has 0 saturated heterocycles. The molecule has 0 spiro atoms. The predicted molar refractivity (Wildman–Crippen MR) is 77.0 cm³/mol. The first-order valence-electron chi connectivity index (χ1n) is 6.64. The Morgan fingerprint density at radius 2 is 2.10 bits per heavy atom. The van der Waals surface area contributed by atoms with Gasteiger partial charge in [-0.3, -0.25) is 4.98 Å². The normalized spacial score (nSPS) is 13.6. The Balaban J connectivity index is 2.54. The molecular formula is C16H18FNO3. The smallest absolute Gasteiger partial charge is 0.137 e. The molecule has 0 fully saturated rings. The molecule has 112 valence electrons. The second kappa shape index (κ2) is 6.10. The van der Waals surface area contributed by atoms with E-state index in [0.29, 0.717) is 17.9 Å². The Morgan fingerprint density at radius 3 is 2.76 bits per heavy atom. The molecule has 5 heteroatoms. The molecule has 1 heterocycles. The number of aliphatic hydroxyl groups is 1. The van der Waals surface area contributed by atoms with Crippen LogP contribution in [-0.4, -0.2) is 23.8 Å². The monoisotopic (exact) mass is 291 g/mol. The highest BCUT2D eigenvalue weighted by Gasteiger charge is 2.33. The second-order valence-electron chi connectivity index (χ2n) is 4.73. The van der Waals surface area contributed by atoms with E-state index in [1.807, 2.05) is 6.92 Å². The average Bonchev–Trinajstić information content (AvgIpc) is 2.47. The molecule has 1 unspecified atom stereocenters. The maximum atomic E-state index is 14.2. The van der Waals surface area contributed by atoms with Crippen molar-refractivity contribution in [1.82, 2.24) is 4.98 Å². The van der Waals surface area contributed by atoms with Crippen LogP contribution < -0.4 is 9.47 Å². The topological polar surface area (TPSA) is 51.6 Å². The molecule has 1 atom stereocenters. The van der Waals surface area contributed by atoms with E-state index in [-0.39, 0.29) is 11.3 Å². The highest BCUT2D eigenvalue weighted by molar-refractivity contribution is 5.45. The van der Waals surface area contributed by atoms with Gasteiger partial charge in [-0.15, -0.1) is 0 Å². The fourth-order valence-electron chi connectivity index (χ4n) is 2.22. The van der Waals surface area contributed by atoms with Crippen LogP contribution in [0.5, 0.6) is 11.5 Å². The van der Waals surface area contributed by atoms with Gasteiger partial charge < -0.3 is 14.6 Å². The molecule has 0 aliphatic rings. The molecule has 0 aliphatic carbocycles. The third-order valence-corrected chi connectivity index (χ3v) is 3.27. The van der Waals surface area contributed by atoms with Crippen molar-refractivity contribution in [3.63, 3.8) is 0 Å². The largest absolute Gasteiger partial charge is 0.496 e. The fourth-order valence-corrected chi connectivity index (χ4v) is 2.22. The van der Waals surface area contributed by atoms with E-state index in [1.165, 1.54) is 32.4 Å². The summed E-state index contributed by atoms with van der Waals surface area (Å²) in [6.07, 6.45) is 3.02. The maximum absolute atomic E-state index is 14.2. The molecule has 1 aromatic carbocycles. The Bertz CT molecular complexity index is 629. The molecule has 0 saturated carbocycles. The quantitative estimate of drug-likeness (QED) is 0.920. The van der Waals surface area contributed by atoms with E-state index in [4.69, 9.17) is 9.47 Å². The third-order valence-electron chi connectivity index (χ3n) is 3.27. The molecule has 2 rings (SSSR count). The number of aromatic nitrogens is 1. The number of benzene rings is 1. The van der Waals surface area contributed by atoms with Gasteiger partial charge >= 0.3 is 0 Å². The summed E-state index contributed by atoms with van der Waals surface area (Å²) in [6.45, 7) is 3.83. The molecule has 1 aromatic heterocycles. The van der Waals surface area contributed by atoms with E-state index < -0.39 is 11.4 Å². The summed E-state index contributed by atoms with van der Waals surface area (Å²) in [7, 11) is 1.43. The highest BCUT2D eigenvalue weighted by atomic mass is 19.1. The summed E-state index contributed by atoms with van der Waals surface area (Å²) < 4.78 is 24.7. The molecule has 2 aromatic rings. The summed E-state index contributed by atoms with van der Waals surface area (Å²) in [5, 5.41) is 10.8. The first kappa shape index (κ1) is 15.3. The number of rotatable bonds is 5. The minimum Gasteiger partial charge on any atom is -0.496 e. The van der Waals surface area contributed by atoms with E-state index in [9.17, 15) is 9.50 Å². The minimum atomic E-state index is -1.59. The van der Waals surface area contributed by atoms with Gasteiger partial charge in [0.25, 0.3) is 0 Å². The van der Waals surface area contributed by atoms with Crippen molar-refractivity contribution < 1.29 is 19.0 Å². The summed E-state index contributed by atoms with van der Waals surface area (Å²) in [5.74, 6) is 0.258. The van der Waals surface area contributed by atoms with Crippen LogP contribution in [0.25, 0.3) is 0 Å². The number of pyridine rings is 1. The molecule has 1 N–H and O–H groups in total. The van der Waals surface area contributed by atoms with Gasteiger partial charge in [-0.25, -0.2) is 4.39 Å². The van der Waals surface area contributed by atoms with Crippen LogP contribution in [0, 0.1) is 5.82 Å². The van der Waals surface area contributed by atoms with Crippen LogP contribution in [-0.2, 0) is 5.60 Å². The summed E-state index contributed by atoms with van der Waals surface area (Å²) in [4.78, 5) is 4.03. The van der Waals surface area contributed by atoms with Crippen LogP contribution >= 0.6 is 0 Å². The van der Waals surface area contributed by atoms with Crippen molar-refractivity contribution in [3.8, 4) is 11.5 Å². The molecular weight excluding hydrogens is 273 g/mol. The van der Waals surface area contributed by atoms with Crippen molar-refractivity contribution in [2.24, 2.45) is 0 Å². The van der Waals surface area contributed by atoms with Crippen LogP contribution in [0.3, 0.4) is 0 Å². The SMILES string of the molecule is CCOc1cncc(C(C)(O)c2c(F)cccc2OC)c1. The first-order valence-corrected chi connectivity index (χ1v) is 6.64. The number of halogens is 1. The van der Waals surface area contributed by atoms with Gasteiger partial charge in [0.15, 0.2) is 0 Å². The lowest BCUT2D eigenvalue weighted by molar-refractivity contribution is 0.0937. The first-order chi connectivity index (χ1) is 10.0. The minimum absolute atomic E-state index is 0.0722. The van der Waals surface area contributed by atoms with Gasteiger partial charge in [-0.05, 0) is 32.0 Å². The number of hydrogen-bond acceptors (Lipinski definition) is 4. The van der Waals surface area contributed by atoms with Crippen LogP contribution in [0.1, 0.15) is 25.0 Å². The number of ether oxygens (including phenoxy) is 2. The molecule has 0 amide bonds. The van der Waals surface area contributed by atoms with E-state index in [1.54, 1.807) is 18.3 Å². The van der Waals surface area contributed by atoms with Crippen molar-refractivity contribution in [2.75, 3.05) is 13.7 Å². The summed E-state index contributed by atoms with van der Waals surface area (Å²) in [5.41, 5.74) is -1.09. The number of nitrogens with zero attached hydrogens (tertiary/aromatic N) is 1. The lowest BCUT2D eigenvalue weighted by atomic mass is 9.88. The van der Waals surface area contributed by atoms with Gasteiger partial charge in [0.05, 0.1) is 25.5 Å². The molecule has 0 radical (unpaired) electrons. The van der Waals surface area contributed by atoms with Gasteiger partial charge in [-0.2, -0.15) is 0 Å². The Kier molecular flexibility index (Phi) is 4.43. The zero-order valence-electron chi connectivity index (χ0n) is 12.3. The van der Waals surface area contributed by atoms with Crippen molar-refractivity contribution >= 4 is 0 Å². The number of hydrogen-bond donors (Lipinski definition) is 1. The number of methoxy groups -OCH3 is 1. The maximum Gasteiger partial charge on any atom is 0.137 e.